The predicted octanol–water partition coefficient (Wildman–Crippen LogP) is -0.336. The molecule has 0 aromatic carbocycles. The summed E-state index contributed by atoms with van der Waals surface area (Å²) in [7, 11) is -2.48. The minimum atomic E-state index is -3.77. The molecule has 0 saturated carbocycles. The van der Waals surface area contributed by atoms with Crippen molar-refractivity contribution in [3.8, 4) is 0 Å². The number of nitrogens with zero attached hydrogens (tertiary/aromatic N) is 3. The molecule has 15 heavy (non-hydrogen) atoms. The molecule has 7 nitrogen and oxygen atoms in total. The zero-order chi connectivity index (χ0) is 11.5. The molecular weight excluding hydrogens is 220 g/mol. The van der Waals surface area contributed by atoms with Crippen molar-refractivity contribution in [2.45, 2.75) is 19.8 Å². The first-order chi connectivity index (χ1) is 7.01. The van der Waals surface area contributed by atoms with Crippen molar-refractivity contribution in [1.82, 2.24) is 4.31 Å². The fourth-order valence-corrected chi connectivity index (χ4v) is 2.10. The van der Waals surface area contributed by atoms with Gasteiger partial charge in [0.15, 0.2) is 0 Å². The largest absolute Gasteiger partial charge is 0.466 e. The SMILES string of the molecule is CCCCN1C(N)=NC(OC)=NS1(=O)=O. The zero-order valence-electron chi connectivity index (χ0n) is 8.67. The first-order valence-electron chi connectivity index (χ1n) is 4.52. The smallest absolute Gasteiger partial charge is 0.351 e. The van der Waals surface area contributed by atoms with Crippen LogP contribution in [-0.4, -0.2) is 38.4 Å². The van der Waals surface area contributed by atoms with Gasteiger partial charge in [-0.2, -0.15) is 13.4 Å². The van der Waals surface area contributed by atoms with Crippen molar-refractivity contribution in [3.05, 3.63) is 0 Å². The van der Waals surface area contributed by atoms with Crippen LogP contribution in [0.25, 0.3) is 0 Å². The zero-order valence-corrected chi connectivity index (χ0v) is 9.49. The third-order valence-electron chi connectivity index (χ3n) is 1.84. The molecule has 86 valence electrons. The number of ether oxygens (including phenoxy) is 1. The Morgan fingerprint density at radius 2 is 2.20 bits per heavy atom. The van der Waals surface area contributed by atoms with Gasteiger partial charge >= 0.3 is 16.2 Å². The van der Waals surface area contributed by atoms with E-state index in [0.717, 1.165) is 10.7 Å². The number of aliphatic imine (C=N–C) groups is 1. The number of hydrogen-bond donors (Lipinski definition) is 1. The van der Waals surface area contributed by atoms with Gasteiger partial charge in [-0.25, -0.2) is 4.31 Å². The molecule has 1 aliphatic heterocycles. The highest BCUT2D eigenvalue weighted by Crippen LogP contribution is 2.11. The van der Waals surface area contributed by atoms with E-state index in [1.165, 1.54) is 7.11 Å². The fourth-order valence-electron chi connectivity index (χ4n) is 1.05. The van der Waals surface area contributed by atoms with Crippen LogP contribution in [0.3, 0.4) is 0 Å². The summed E-state index contributed by atoms with van der Waals surface area (Å²) in [4.78, 5) is 3.70. The minimum absolute atomic E-state index is 0.102. The quantitative estimate of drug-likeness (QED) is 0.722. The van der Waals surface area contributed by atoms with Crippen LogP contribution in [-0.2, 0) is 14.9 Å². The summed E-state index contributed by atoms with van der Waals surface area (Å²) in [5.41, 5.74) is 5.50. The van der Waals surface area contributed by atoms with E-state index >= 15 is 0 Å². The summed E-state index contributed by atoms with van der Waals surface area (Å²) in [5, 5.41) is 0. The van der Waals surface area contributed by atoms with Gasteiger partial charge < -0.3 is 10.5 Å². The number of guanidine groups is 1. The third kappa shape index (κ3) is 2.58. The lowest BCUT2D eigenvalue weighted by atomic mass is 10.3. The van der Waals surface area contributed by atoms with Crippen molar-refractivity contribution >= 4 is 22.2 Å². The molecule has 1 rings (SSSR count). The lowest BCUT2D eigenvalue weighted by molar-refractivity contribution is 0.393. The first-order valence-corrected chi connectivity index (χ1v) is 5.91. The average molecular weight is 234 g/mol. The Kier molecular flexibility index (Phi) is 3.51. The van der Waals surface area contributed by atoms with E-state index in [0.29, 0.717) is 6.42 Å². The first kappa shape index (κ1) is 11.8. The van der Waals surface area contributed by atoms with Crippen molar-refractivity contribution in [1.29, 1.82) is 0 Å². The van der Waals surface area contributed by atoms with Gasteiger partial charge in [0.25, 0.3) is 0 Å². The van der Waals surface area contributed by atoms with Crippen LogP contribution in [0, 0.1) is 0 Å². The van der Waals surface area contributed by atoms with Crippen molar-refractivity contribution in [2.24, 2.45) is 15.1 Å². The van der Waals surface area contributed by atoms with Gasteiger partial charge in [-0.05, 0) is 6.42 Å². The van der Waals surface area contributed by atoms with Crippen LogP contribution in [0.2, 0.25) is 0 Å². The van der Waals surface area contributed by atoms with E-state index < -0.39 is 10.2 Å². The van der Waals surface area contributed by atoms with E-state index in [1.54, 1.807) is 0 Å². The summed E-state index contributed by atoms with van der Waals surface area (Å²) >= 11 is 0. The number of unbranched alkanes of at least 4 members (excludes halogenated alkanes) is 1. The maximum absolute atomic E-state index is 11.6. The number of nitrogens with two attached hydrogens (primary N) is 1. The molecule has 2 N–H and O–H groups in total. The average Bonchev–Trinajstić information content (AvgIpc) is 2.15. The molecule has 0 aliphatic carbocycles. The molecule has 8 heteroatoms. The number of methoxy groups -OCH3 is 1. The molecule has 0 bridgehead atoms. The Labute approximate surface area is 88.8 Å². The van der Waals surface area contributed by atoms with Crippen LogP contribution in [0.15, 0.2) is 9.39 Å². The number of hydrogen-bond acceptors (Lipinski definition) is 5. The van der Waals surface area contributed by atoms with Crippen LogP contribution in [0.4, 0.5) is 0 Å². The molecule has 0 spiro atoms. The number of rotatable bonds is 3. The lowest BCUT2D eigenvalue weighted by Gasteiger charge is -2.22. The van der Waals surface area contributed by atoms with Crippen molar-refractivity contribution in [2.75, 3.05) is 13.7 Å². The highest BCUT2D eigenvalue weighted by atomic mass is 32.2. The second kappa shape index (κ2) is 4.47. The Balaban J connectivity index is 2.93. The monoisotopic (exact) mass is 234 g/mol. The van der Waals surface area contributed by atoms with Gasteiger partial charge in [0, 0.05) is 6.54 Å². The highest BCUT2D eigenvalue weighted by molar-refractivity contribution is 7.88. The molecule has 0 radical (unpaired) electrons. The van der Waals surface area contributed by atoms with E-state index in [1.807, 2.05) is 6.92 Å². The maximum Gasteiger partial charge on any atom is 0.351 e. The molecule has 0 atom stereocenters. The standard InChI is InChI=1S/C7H14N4O3S/c1-3-4-5-11-6(8)9-7(14-2)10-15(11,12)13/h3-5H2,1-2H3,(H2,8,9,10). The summed E-state index contributed by atoms with van der Waals surface area (Å²) in [5.74, 6) is -0.102. The summed E-state index contributed by atoms with van der Waals surface area (Å²) < 4.78 is 32.1. The van der Waals surface area contributed by atoms with Gasteiger partial charge in [0.1, 0.15) is 0 Å². The van der Waals surface area contributed by atoms with Crippen LogP contribution < -0.4 is 5.73 Å². The van der Waals surface area contributed by atoms with Crippen LogP contribution in [0.1, 0.15) is 19.8 Å². The second-order valence-corrected chi connectivity index (χ2v) is 4.47. The van der Waals surface area contributed by atoms with Gasteiger partial charge in [-0.1, -0.05) is 17.7 Å². The highest BCUT2D eigenvalue weighted by Gasteiger charge is 2.28. The van der Waals surface area contributed by atoms with Crippen LogP contribution >= 0.6 is 0 Å². The fraction of sp³-hybridized carbons (Fsp3) is 0.714. The normalized spacial score (nSPS) is 19.5. The van der Waals surface area contributed by atoms with E-state index in [2.05, 4.69) is 14.1 Å². The summed E-state index contributed by atoms with van der Waals surface area (Å²) in [6.07, 6.45) is 1.56. The van der Waals surface area contributed by atoms with Gasteiger partial charge in [0.2, 0.25) is 5.96 Å². The molecule has 0 amide bonds. The molecule has 1 aliphatic rings. The summed E-state index contributed by atoms with van der Waals surface area (Å²) in [6, 6.07) is -0.236. The molecule has 0 unspecified atom stereocenters. The Hall–Kier alpha value is -1.31. The van der Waals surface area contributed by atoms with E-state index in [4.69, 9.17) is 5.73 Å². The third-order valence-corrected chi connectivity index (χ3v) is 3.15. The Morgan fingerprint density at radius 1 is 1.53 bits per heavy atom. The van der Waals surface area contributed by atoms with Gasteiger partial charge in [0.05, 0.1) is 7.11 Å². The Bertz CT molecular complexity index is 387. The predicted molar refractivity (Wildman–Crippen MR) is 56.6 cm³/mol. The molecule has 0 fully saturated rings. The van der Waals surface area contributed by atoms with E-state index in [-0.39, 0.29) is 18.5 Å². The van der Waals surface area contributed by atoms with Crippen LogP contribution in [0.5, 0.6) is 0 Å². The van der Waals surface area contributed by atoms with E-state index in [9.17, 15) is 8.42 Å². The van der Waals surface area contributed by atoms with Gasteiger partial charge in [-0.15, -0.1) is 0 Å². The van der Waals surface area contributed by atoms with Crippen molar-refractivity contribution < 1.29 is 13.2 Å². The summed E-state index contributed by atoms with van der Waals surface area (Å²) in [6.45, 7) is 2.24. The van der Waals surface area contributed by atoms with Crippen molar-refractivity contribution in [3.63, 3.8) is 0 Å². The second-order valence-electron chi connectivity index (χ2n) is 2.95. The lowest BCUT2D eigenvalue weighted by Crippen LogP contribution is -2.44. The topological polar surface area (TPSA) is 97.3 Å². The maximum atomic E-state index is 11.6. The molecule has 0 saturated heterocycles. The molecular formula is C7H14N4O3S. The Morgan fingerprint density at radius 3 is 2.67 bits per heavy atom. The molecule has 1 heterocycles. The molecule has 0 aromatic heterocycles. The number of amidine groups is 1. The molecule has 0 aromatic rings. The van der Waals surface area contributed by atoms with Gasteiger partial charge in [-0.3, -0.25) is 0 Å². The minimum Gasteiger partial charge on any atom is -0.466 e.